The Kier molecular flexibility index (Phi) is 10.2. The Balaban J connectivity index is 4.26. The van der Waals surface area contributed by atoms with Gasteiger partial charge in [0, 0.05) is 11.6 Å². The summed E-state index contributed by atoms with van der Waals surface area (Å²) in [7, 11) is -1.30. The molecule has 6 N–H and O–H groups in total. The normalized spacial score (nSPS) is 19.2. The quantitative estimate of drug-likeness (QED) is 0.242. The molecular formula is C15H35NO6S2. The molecule has 0 saturated heterocycles. The maximum absolute atomic E-state index is 11.8. The highest BCUT2D eigenvalue weighted by Crippen LogP contribution is 2.53. The summed E-state index contributed by atoms with van der Waals surface area (Å²) in [5.41, 5.74) is 0. The minimum atomic E-state index is -1.86. The molecule has 7 nitrogen and oxygen atoms in total. The molecule has 0 aliphatic heterocycles. The highest BCUT2D eigenvalue weighted by atomic mass is 32.3. The Morgan fingerprint density at radius 2 is 1.54 bits per heavy atom. The van der Waals surface area contributed by atoms with Crippen molar-refractivity contribution in [2.24, 2.45) is 0 Å². The van der Waals surface area contributed by atoms with Crippen molar-refractivity contribution in [3.63, 3.8) is 0 Å². The zero-order valence-corrected chi connectivity index (χ0v) is 16.9. The van der Waals surface area contributed by atoms with Gasteiger partial charge in [-0.2, -0.15) is 0 Å². The molecule has 0 bridgehead atoms. The minimum absolute atomic E-state index is 0.372. The molecule has 9 heteroatoms. The van der Waals surface area contributed by atoms with Crippen LogP contribution < -0.4 is 5.32 Å². The smallest absolute Gasteiger partial charge is 0.251 e. The zero-order valence-electron chi connectivity index (χ0n) is 15.3. The van der Waals surface area contributed by atoms with Crippen LogP contribution in [0.1, 0.15) is 6.42 Å². The van der Waals surface area contributed by atoms with E-state index in [4.69, 9.17) is 5.11 Å². The van der Waals surface area contributed by atoms with E-state index in [-0.39, 0.29) is 0 Å². The lowest BCUT2D eigenvalue weighted by atomic mass is 10.0. The van der Waals surface area contributed by atoms with Crippen LogP contribution in [0.5, 0.6) is 0 Å². The van der Waals surface area contributed by atoms with Gasteiger partial charge in [-0.1, -0.05) is 0 Å². The first-order valence-electron chi connectivity index (χ1n) is 7.76. The second-order valence-electron chi connectivity index (χ2n) is 7.50. The predicted octanol–water partition coefficient (Wildman–Crippen LogP) is -1.36. The summed E-state index contributed by atoms with van der Waals surface area (Å²) in [6.45, 7) is -0.405. The third-order valence-electron chi connectivity index (χ3n) is 3.37. The van der Waals surface area contributed by atoms with Gasteiger partial charge in [0.2, 0.25) is 0 Å². The lowest BCUT2D eigenvalue weighted by Crippen LogP contribution is -2.51. The summed E-state index contributed by atoms with van der Waals surface area (Å²) < 4.78 is 0. The summed E-state index contributed by atoms with van der Waals surface area (Å²) in [5, 5.41) is 50.5. The average molecular weight is 390 g/mol. The van der Waals surface area contributed by atoms with Crippen LogP contribution in [0.4, 0.5) is 0 Å². The van der Waals surface area contributed by atoms with Crippen LogP contribution in [0, 0.1) is 0 Å². The summed E-state index contributed by atoms with van der Waals surface area (Å²) in [4.78, 5) is 11.8. The molecule has 0 fully saturated rings. The number of rotatable bonds is 11. The second-order valence-corrected chi connectivity index (χ2v) is 16.6. The fourth-order valence-electron chi connectivity index (χ4n) is 2.47. The van der Waals surface area contributed by atoms with Crippen LogP contribution in [-0.4, -0.2) is 111 Å². The van der Waals surface area contributed by atoms with Gasteiger partial charge in [0.15, 0.2) is 6.10 Å². The van der Waals surface area contributed by atoms with E-state index in [0.29, 0.717) is 6.54 Å². The standard InChI is InChI=1S/C15H35NO6S2/c1-23(2,3)10-24(4,5)8-6-7-16-15(22)14(21)13(20)12(19)11(18)9-17/h11-14,17-21H,6-10H2,1-5H3,(H,16,22)/t11-,12-,13+,14-/m1/s1. The molecule has 0 aliphatic rings. The largest absolute Gasteiger partial charge is 0.394 e. The summed E-state index contributed by atoms with van der Waals surface area (Å²) in [5.74, 6) is 0.197. The number of aliphatic hydroxyl groups excluding tert-OH is 5. The van der Waals surface area contributed by atoms with Gasteiger partial charge in [-0.05, 0) is 43.5 Å². The van der Waals surface area contributed by atoms with Crippen molar-refractivity contribution in [1.82, 2.24) is 5.32 Å². The number of amides is 1. The Bertz CT molecular complexity index is 389. The van der Waals surface area contributed by atoms with Crippen molar-refractivity contribution in [1.29, 1.82) is 0 Å². The highest BCUT2D eigenvalue weighted by molar-refractivity contribution is 8.47. The summed E-state index contributed by atoms with van der Waals surface area (Å²) in [6, 6.07) is 0. The first-order valence-corrected chi connectivity index (χ1v) is 13.6. The summed E-state index contributed by atoms with van der Waals surface area (Å²) >= 11 is 0. The fourth-order valence-corrected chi connectivity index (χ4v) is 11.5. The first kappa shape index (κ1) is 24.0. The SMILES string of the molecule is CS(C)(C)CS(C)(C)CCCNC(=O)[C@H](O)[C@@H](O)[C@H](O)[C@H](O)CO. The Morgan fingerprint density at radius 3 is 2.00 bits per heavy atom. The number of carbonyl (C=O) groups excluding carboxylic acids is 1. The molecule has 0 aliphatic carbocycles. The molecule has 4 atom stereocenters. The van der Waals surface area contributed by atoms with Gasteiger partial charge in [0.25, 0.3) is 5.91 Å². The molecule has 148 valence electrons. The predicted molar refractivity (Wildman–Crippen MR) is 103 cm³/mol. The van der Waals surface area contributed by atoms with E-state index in [2.05, 4.69) is 36.6 Å². The highest BCUT2D eigenvalue weighted by Gasteiger charge is 2.33. The van der Waals surface area contributed by atoms with Gasteiger partial charge in [-0.3, -0.25) is 4.79 Å². The van der Waals surface area contributed by atoms with Crippen molar-refractivity contribution in [3.8, 4) is 0 Å². The van der Waals surface area contributed by atoms with Crippen molar-refractivity contribution < 1.29 is 30.3 Å². The molecule has 0 saturated carbocycles. The fraction of sp³-hybridized carbons (Fsp3) is 0.933. The van der Waals surface area contributed by atoms with Crippen LogP contribution >= 0.6 is 20.1 Å². The molecular weight excluding hydrogens is 354 g/mol. The van der Waals surface area contributed by atoms with E-state index in [9.17, 15) is 25.2 Å². The maximum Gasteiger partial charge on any atom is 0.251 e. The third kappa shape index (κ3) is 9.45. The molecule has 0 radical (unpaired) electrons. The number of hydrogen-bond donors (Lipinski definition) is 6. The Morgan fingerprint density at radius 1 is 1.00 bits per heavy atom. The topological polar surface area (TPSA) is 130 Å². The van der Waals surface area contributed by atoms with Gasteiger partial charge >= 0.3 is 0 Å². The zero-order chi connectivity index (χ0) is 19.1. The van der Waals surface area contributed by atoms with Crippen molar-refractivity contribution in [2.75, 3.05) is 55.3 Å². The van der Waals surface area contributed by atoms with E-state index in [1.165, 1.54) is 5.08 Å². The van der Waals surface area contributed by atoms with Crippen LogP contribution in [0.25, 0.3) is 0 Å². The van der Waals surface area contributed by atoms with Crippen molar-refractivity contribution in [2.45, 2.75) is 30.8 Å². The van der Waals surface area contributed by atoms with E-state index in [1.54, 1.807) is 0 Å². The van der Waals surface area contributed by atoms with Crippen LogP contribution in [0.15, 0.2) is 0 Å². The lowest BCUT2D eigenvalue weighted by Gasteiger charge is -2.40. The Hall–Kier alpha value is -0.0300. The summed E-state index contributed by atoms with van der Waals surface area (Å²) in [6.07, 6.45) is 5.04. The van der Waals surface area contributed by atoms with Crippen molar-refractivity contribution >= 4 is 26.0 Å². The first-order chi connectivity index (χ1) is 10.8. The molecule has 0 aromatic heterocycles. The second kappa shape index (κ2) is 10.2. The van der Waals surface area contributed by atoms with E-state index >= 15 is 0 Å². The van der Waals surface area contributed by atoms with Gasteiger partial charge in [0.1, 0.15) is 18.3 Å². The number of nitrogens with one attached hydrogen (secondary N) is 1. The molecule has 1 amide bonds. The van der Waals surface area contributed by atoms with E-state index in [0.717, 1.165) is 12.2 Å². The van der Waals surface area contributed by atoms with E-state index in [1.807, 2.05) is 0 Å². The van der Waals surface area contributed by atoms with Gasteiger partial charge < -0.3 is 30.8 Å². The average Bonchev–Trinajstić information content (AvgIpc) is 2.45. The maximum atomic E-state index is 11.8. The third-order valence-corrected chi connectivity index (χ3v) is 10.1. The van der Waals surface area contributed by atoms with Gasteiger partial charge in [-0.25, -0.2) is 20.1 Å². The molecule has 0 spiro atoms. The molecule has 24 heavy (non-hydrogen) atoms. The van der Waals surface area contributed by atoms with Gasteiger partial charge in [0.05, 0.1) is 6.61 Å². The molecule has 0 aromatic rings. The number of hydrogen-bond acceptors (Lipinski definition) is 6. The number of aliphatic hydroxyl groups is 5. The van der Waals surface area contributed by atoms with Gasteiger partial charge in [-0.15, -0.1) is 0 Å². The Labute approximate surface area is 148 Å². The minimum Gasteiger partial charge on any atom is -0.394 e. The van der Waals surface area contributed by atoms with Crippen LogP contribution in [0.2, 0.25) is 0 Å². The molecule has 0 rings (SSSR count). The lowest BCUT2D eigenvalue weighted by molar-refractivity contribution is -0.148. The molecule has 0 heterocycles. The molecule has 0 unspecified atom stereocenters. The van der Waals surface area contributed by atoms with Crippen LogP contribution in [0.3, 0.4) is 0 Å². The van der Waals surface area contributed by atoms with E-state index < -0.39 is 57.0 Å². The number of carbonyl (C=O) groups is 1. The van der Waals surface area contributed by atoms with Crippen molar-refractivity contribution in [3.05, 3.63) is 0 Å². The molecule has 0 aromatic carbocycles. The van der Waals surface area contributed by atoms with Crippen LogP contribution in [-0.2, 0) is 4.79 Å². The monoisotopic (exact) mass is 389 g/mol.